The molecule has 0 atom stereocenters. The number of aromatic nitrogens is 1. The quantitative estimate of drug-likeness (QED) is 0.662. The zero-order chi connectivity index (χ0) is 18.4. The van der Waals surface area contributed by atoms with Crippen molar-refractivity contribution in [2.45, 2.75) is 38.8 Å². The molecule has 0 spiro atoms. The van der Waals surface area contributed by atoms with Gasteiger partial charge in [0.1, 0.15) is 5.15 Å². The molecule has 2 N–H and O–H groups in total. The Morgan fingerprint density at radius 2 is 1.65 bits per heavy atom. The van der Waals surface area contributed by atoms with Crippen molar-refractivity contribution in [2.75, 3.05) is 13.1 Å². The highest BCUT2D eigenvalue weighted by molar-refractivity contribution is 6.30. The van der Waals surface area contributed by atoms with E-state index in [0.29, 0.717) is 11.1 Å². The van der Waals surface area contributed by atoms with Crippen molar-refractivity contribution in [1.82, 2.24) is 9.88 Å². The van der Waals surface area contributed by atoms with Crippen molar-refractivity contribution in [3.05, 3.63) is 63.9 Å². The lowest BCUT2D eigenvalue weighted by Gasteiger charge is -2.32. The van der Waals surface area contributed by atoms with Gasteiger partial charge in [0.15, 0.2) is 0 Å². The van der Waals surface area contributed by atoms with Gasteiger partial charge in [-0.1, -0.05) is 41.4 Å². The van der Waals surface area contributed by atoms with Crippen molar-refractivity contribution in [3.63, 3.8) is 0 Å². The van der Waals surface area contributed by atoms with Gasteiger partial charge in [-0.25, -0.2) is 4.98 Å². The topological polar surface area (TPSA) is 42.1 Å². The number of hydrogen-bond acceptors (Lipinski definition) is 3. The first-order valence-corrected chi connectivity index (χ1v) is 10.2. The van der Waals surface area contributed by atoms with E-state index >= 15 is 0 Å². The second-order valence-electron chi connectivity index (χ2n) is 7.37. The van der Waals surface area contributed by atoms with Gasteiger partial charge in [0.2, 0.25) is 0 Å². The van der Waals surface area contributed by atoms with E-state index in [0.717, 1.165) is 42.7 Å². The molecule has 2 aromatic rings. The van der Waals surface area contributed by atoms with E-state index in [1.807, 2.05) is 18.2 Å². The van der Waals surface area contributed by atoms with Gasteiger partial charge in [0.05, 0.1) is 0 Å². The molecule has 1 aromatic heterocycles. The van der Waals surface area contributed by atoms with E-state index in [2.05, 4.69) is 28.1 Å². The molecule has 1 aliphatic carbocycles. The maximum absolute atomic E-state index is 6.30. The van der Waals surface area contributed by atoms with Crippen LogP contribution in [0.25, 0.3) is 0 Å². The number of hydrogen-bond donors (Lipinski definition) is 1. The van der Waals surface area contributed by atoms with Crippen LogP contribution in [-0.2, 0) is 13.1 Å². The average molecular weight is 392 g/mol. The summed E-state index contributed by atoms with van der Waals surface area (Å²) in [6, 6.07) is 12.1. The predicted octanol–water partition coefficient (Wildman–Crippen LogP) is 5.16. The summed E-state index contributed by atoms with van der Waals surface area (Å²) in [7, 11) is 0. The summed E-state index contributed by atoms with van der Waals surface area (Å²) in [5.41, 5.74) is 8.19. The molecule has 0 saturated heterocycles. The van der Waals surface area contributed by atoms with Crippen LogP contribution in [0.15, 0.2) is 42.6 Å². The Hall–Kier alpha value is -1.13. The van der Waals surface area contributed by atoms with Crippen LogP contribution in [0.4, 0.5) is 0 Å². The Labute approximate surface area is 166 Å². The molecule has 1 aliphatic rings. The number of rotatable bonds is 7. The molecule has 0 aliphatic heterocycles. The first kappa shape index (κ1) is 19.6. The zero-order valence-corrected chi connectivity index (χ0v) is 16.6. The highest BCUT2D eigenvalue weighted by Crippen LogP contribution is 2.30. The van der Waals surface area contributed by atoms with E-state index in [1.165, 1.54) is 31.2 Å². The lowest BCUT2D eigenvalue weighted by molar-refractivity contribution is 0.170. The Morgan fingerprint density at radius 3 is 2.31 bits per heavy atom. The van der Waals surface area contributed by atoms with Crippen LogP contribution in [0.2, 0.25) is 10.2 Å². The van der Waals surface area contributed by atoms with Crippen molar-refractivity contribution >= 4 is 23.2 Å². The summed E-state index contributed by atoms with van der Waals surface area (Å²) < 4.78 is 0. The minimum absolute atomic E-state index is 0.598. The summed E-state index contributed by atoms with van der Waals surface area (Å²) in [4.78, 5) is 6.71. The predicted molar refractivity (Wildman–Crippen MR) is 109 cm³/mol. The number of pyridine rings is 1. The second-order valence-corrected chi connectivity index (χ2v) is 8.17. The maximum atomic E-state index is 6.30. The zero-order valence-electron chi connectivity index (χ0n) is 15.1. The van der Waals surface area contributed by atoms with E-state index in [9.17, 15) is 0 Å². The van der Waals surface area contributed by atoms with Gasteiger partial charge in [0.25, 0.3) is 0 Å². The van der Waals surface area contributed by atoms with Crippen LogP contribution in [0, 0.1) is 11.8 Å². The molecular formula is C21H27Cl2N3. The third kappa shape index (κ3) is 5.68. The van der Waals surface area contributed by atoms with Crippen molar-refractivity contribution in [2.24, 2.45) is 17.6 Å². The molecule has 0 amide bonds. The molecule has 5 heteroatoms. The van der Waals surface area contributed by atoms with Crippen LogP contribution in [0.5, 0.6) is 0 Å². The largest absolute Gasteiger partial charge is 0.330 e. The van der Waals surface area contributed by atoms with Crippen LogP contribution in [0.3, 0.4) is 0 Å². The minimum Gasteiger partial charge on any atom is -0.330 e. The van der Waals surface area contributed by atoms with E-state index in [4.69, 9.17) is 28.9 Å². The Bertz CT molecular complexity index is 682. The summed E-state index contributed by atoms with van der Waals surface area (Å²) in [6.45, 7) is 3.60. The van der Waals surface area contributed by atoms with Crippen LogP contribution in [0.1, 0.15) is 36.8 Å². The van der Waals surface area contributed by atoms with Crippen molar-refractivity contribution < 1.29 is 0 Å². The van der Waals surface area contributed by atoms with Gasteiger partial charge in [-0.05, 0) is 67.8 Å². The number of halogens is 2. The monoisotopic (exact) mass is 391 g/mol. The lowest BCUT2D eigenvalue weighted by atomic mass is 9.82. The molecule has 3 rings (SSSR count). The van der Waals surface area contributed by atoms with Gasteiger partial charge in [-0.2, -0.15) is 0 Å². The Kier molecular flexibility index (Phi) is 7.32. The van der Waals surface area contributed by atoms with Gasteiger partial charge < -0.3 is 5.73 Å². The normalized spacial score (nSPS) is 20.5. The highest BCUT2D eigenvalue weighted by Gasteiger charge is 2.23. The lowest BCUT2D eigenvalue weighted by Crippen LogP contribution is -2.32. The molecule has 26 heavy (non-hydrogen) atoms. The molecule has 1 fully saturated rings. The fraction of sp³-hybridized carbons (Fsp3) is 0.476. The third-order valence-electron chi connectivity index (χ3n) is 5.37. The van der Waals surface area contributed by atoms with Crippen LogP contribution in [-0.4, -0.2) is 23.0 Å². The van der Waals surface area contributed by atoms with Gasteiger partial charge in [-0.3, -0.25) is 4.90 Å². The molecule has 3 nitrogen and oxygen atoms in total. The van der Waals surface area contributed by atoms with Gasteiger partial charge >= 0.3 is 0 Å². The smallest absolute Gasteiger partial charge is 0.133 e. The maximum Gasteiger partial charge on any atom is 0.133 e. The molecule has 140 valence electrons. The summed E-state index contributed by atoms with van der Waals surface area (Å²) in [5, 5.41) is 1.37. The van der Waals surface area contributed by atoms with E-state index in [-0.39, 0.29) is 0 Å². The summed E-state index contributed by atoms with van der Waals surface area (Å²) in [6.07, 6.45) is 6.77. The highest BCUT2D eigenvalue weighted by atomic mass is 35.5. The van der Waals surface area contributed by atoms with Gasteiger partial charge in [-0.15, -0.1) is 0 Å². The second kappa shape index (κ2) is 9.70. The molecule has 0 bridgehead atoms. The summed E-state index contributed by atoms with van der Waals surface area (Å²) >= 11 is 12.3. The Morgan fingerprint density at radius 1 is 0.962 bits per heavy atom. The fourth-order valence-electron chi connectivity index (χ4n) is 3.83. The third-order valence-corrected chi connectivity index (χ3v) is 5.96. The molecular weight excluding hydrogens is 365 g/mol. The minimum atomic E-state index is 0.598. The standard InChI is InChI=1S/C21H27Cl2N3/c22-20-9-7-18(8-10-20)14-26(15-19-2-1-11-25-21(19)23)13-17-5-3-16(12-24)4-6-17/h1-2,7-11,16-17H,3-6,12-15,24H2. The summed E-state index contributed by atoms with van der Waals surface area (Å²) in [5.74, 6) is 1.43. The SMILES string of the molecule is NCC1CCC(CN(Cc2ccc(Cl)cc2)Cc2cccnc2Cl)CC1. The van der Waals surface area contributed by atoms with Crippen molar-refractivity contribution in [1.29, 1.82) is 0 Å². The molecule has 1 heterocycles. The molecule has 0 radical (unpaired) electrons. The molecule has 0 unspecified atom stereocenters. The first-order valence-electron chi connectivity index (χ1n) is 9.40. The molecule has 1 aromatic carbocycles. The van der Waals surface area contributed by atoms with Crippen molar-refractivity contribution in [3.8, 4) is 0 Å². The number of nitrogens with two attached hydrogens (primary N) is 1. The fourth-order valence-corrected chi connectivity index (χ4v) is 4.13. The molecule has 1 saturated carbocycles. The number of nitrogens with zero attached hydrogens (tertiary/aromatic N) is 2. The van der Waals surface area contributed by atoms with Crippen LogP contribution >= 0.6 is 23.2 Å². The average Bonchev–Trinajstić information content (AvgIpc) is 2.66. The number of benzene rings is 1. The Balaban J connectivity index is 1.68. The van der Waals surface area contributed by atoms with E-state index < -0.39 is 0 Å². The van der Waals surface area contributed by atoms with Crippen LogP contribution < -0.4 is 5.73 Å². The van der Waals surface area contributed by atoms with E-state index in [1.54, 1.807) is 6.20 Å². The first-order chi connectivity index (χ1) is 12.6. The van der Waals surface area contributed by atoms with Gasteiger partial charge in [0, 0.05) is 36.4 Å².